The Labute approximate surface area is 200 Å². The highest BCUT2D eigenvalue weighted by Crippen LogP contribution is 2.31. The zero-order valence-electron chi connectivity index (χ0n) is 18.2. The number of rotatable bonds is 6. The zero-order chi connectivity index (χ0) is 23.1. The van der Waals surface area contributed by atoms with Gasteiger partial charge in [0.25, 0.3) is 0 Å². The molecule has 0 N–H and O–H groups in total. The molecular weight excluding hydrogens is 440 g/mol. The molecule has 164 valence electrons. The minimum absolute atomic E-state index is 0.0836. The number of hydrogen-bond acceptors (Lipinski definition) is 3. The van der Waals surface area contributed by atoms with Crippen molar-refractivity contribution in [1.82, 2.24) is 8.97 Å². The number of nitrogens with zero attached hydrogens (tertiary/aromatic N) is 2. The number of thiophene rings is 1. The lowest BCUT2D eigenvalue weighted by Crippen LogP contribution is -2.06. The molecule has 4 nitrogen and oxygen atoms in total. The first kappa shape index (κ1) is 20.4. The predicted molar refractivity (Wildman–Crippen MR) is 136 cm³/mol. The number of ketones is 2. The van der Waals surface area contributed by atoms with Crippen molar-refractivity contribution in [2.75, 3.05) is 0 Å². The number of carbonyl (C=O) groups is 2. The molecule has 0 bridgehead atoms. The molecule has 0 saturated heterocycles. The van der Waals surface area contributed by atoms with Gasteiger partial charge >= 0.3 is 0 Å². The fourth-order valence-electron chi connectivity index (χ4n) is 4.55. The summed E-state index contributed by atoms with van der Waals surface area (Å²) in [6.07, 6.45) is 0. The summed E-state index contributed by atoms with van der Waals surface area (Å²) in [7, 11) is 0. The first-order chi connectivity index (χ1) is 16.7. The maximum Gasteiger partial charge on any atom is 0.219 e. The summed E-state index contributed by atoms with van der Waals surface area (Å²) in [6, 6.07) is 32.9. The maximum atomic E-state index is 13.7. The van der Waals surface area contributed by atoms with Gasteiger partial charge in [0, 0.05) is 12.1 Å². The van der Waals surface area contributed by atoms with Crippen LogP contribution >= 0.6 is 11.3 Å². The normalized spacial score (nSPS) is 11.3. The SMILES string of the molecule is O=C(c1ccccc1)c1cc(C(=O)c2cccs2)n2c3ccccc3n(Cc3ccccc3)c12. The van der Waals surface area contributed by atoms with Crippen molar-refractivity contribution in [3.63, 3.8) is 0 Å². The molecule has 3 heterocycles. The van der Waals surface area contributed by atoms with Crippen LogP contribution in [0.15, 0.2) is 109 Å². The van der Waals surface area contributed by atoms with E-state index in [0.29, 0.717) is 28.2 Å². The van der Waals surface area contributed by atoms with E-state index in [-0.39, 0.29) is 11.6 Å². The van der Waals surface area contributed by atoms with Gasteiger partial charge in [-0.1, -0.05) is 78.9 Å². The Bertz CT molecular complexity index is 1640. The van der Waals surface area contributed by atoms with Crippen LogP contribution in [0.1, 0.15) is 36.9 Å². The molecule has 6 aromatic rings. The highest BCUT2D eigenvalue weighted by Gasteiger charge is 2.27. The Kier molecular flexibility index (Phi) is 4.97. The number of imidazole rings is 1. The molecule has 0 saturated carbocycles. The van der Waals surface area contributed by atoms with Crippen molar-refractivity contribution in [3.05, 3.63) is 136 Å². The average molecular weight is 461 g/mol. The van der Waals surface area contributed by atoms with Gasteiger partial charge in [-0.15, -0.1) is 11.3 Å². The average Bonchev–Trinajstić information content (AvgIpc) is 3.62. The van der Waals surface area contributed by atoms with Gasteiger partial charge in [-0.3, -0.25) is 14.0 Å². The lowest BCUT2D eigenvalue weighted by molar-refractivity contribution is 0.103. The van der Waals surface area contributed by atoms with Crippen LogP contribution in [0.2, 0.25) is 0 Å². The second kappa shape index (κ2) is 8.28. The largest absolute Gasteiger partial charge is 0.321 e. The highest BCUT2D eigenvalue weighted by atomic mass is 32.1. The second-order valence-electron chi connectivity index (χ2n) is 8.16. The van der Waals surface area contributed by atoms with E-state index in [4.69, 9.17) is 0 Å². The van der Waals surface area contributed by atoms with E-state index in [9.17, 15) is 9.59 Å². The number of hydrogen-bond donors (Lipinski definition) is 0. The second-order valence-corrected chi connectivity index (χ2v) is 9.11. The predicted octanol–water partition coefficient (Wildman–Crippen LogP) is 6.47. The summed E-state index contributed by atoms with van der Waals surface area (Å²) in [4.78, 5) is 28.0. The van der Waals surface area contributed by atoms with Crippen molar-refractivity contribution in [2.45, 2.75) is 6.54 Å². The van der Waals surface area contributed by atoms with Crippen LogP contribution in [-0.2, 0) is 6.54 Å². The molecule has 0 amide bonds. The molecule has 3 aromatic heterocycles. The number of fused-ring (bicyclic) bond motifs is 3. The van der Waals surface area contributed by atoms with Gasteiger partial charge in [-0.25, -0.2) is 0 Å². The smallest absolute Gasteiger partial charge is 0.219 e. The van der Waals surface area contributed by atoms with Crippen LogP contribution < -0.4 is 0 Å². The Morgan fingerprint density at radius 2 is 1.38 bits per heavy atom. The van der Waals surface area contributed by atoms with E-state index in [2.05, 4.69) is 16.7 Å². The summed E-state index contributed by atoms with van der Waals surface area (Å²) in [5.74, 6) is -0.180. The maximum absolute atomic E-state index is 13.7. The van der Waals surface area contributed by atoms with E-state index in [1.165, 1.54) is 11.3 Å². The Hall–Kier alpha value is -4.22. The van der Waals surface area contributed by atoms with Crippen LogP contribution in [0.5, 0.6) is 0 Å². The molecule has 0 fully saturated rings. The van der Waals surface area contributed by atoms with Crippen LogP contribution in [-0.4, -0.2) is 20.5 Å². The molecular formula is C29H20N2O2S. The molecule has 0 atom stereocenters. The van der Waals surface area contributed by atoms with Crippen LogP contribution in [0.3, 0.4) is 0 Å². The Balaban J connectivity index is 1.67. The number of benzene rings is 3. The number of aromatic nitrogens is 2. The summed E-state index contributed by atoms with van der Waals surface area (Å²) in [6.45, 7) is 0.587. The minimum Gasteiger partial charge on any atom is -0.321 e. The molecule has 0 aliphatic rings. The summed E-state index contributed by atoms with van der Waals surface area (Å²) in [5.41, 5.74) is 5.36. The summed E-state index contributed by atoms with van der Waals surface area (Å²) in [5, 5.41) is 1.90. The quantitative estimate of drug-likeness (QED) is 0.268. The number of carbonyl (C=O) groups excluding carboxylic acids is 2. The van der Waals surface area contributed by atoms with Gasteiger partial charge in [0.05, 0.1) is 27.2 Å². The van der Waals surface area contributed by atoms with Crippen molar-refractivity contribution >= 4 is 39.6 Å². The molecule has 3 aromatic carbocycles. The van der Waals surface area contributed by atoms with Crippen molar-refractivity contribution in [3.8, 4) is 0 Å². The first-order valence-electron chi connectivity index (χ1n) is 11.1. The van der Waals surface area contributed by atoms with Gasteiger partial charge in [-0.05, 0) is 35.2 Å². The van der Waals surface area contributed by atoms with Crippen molar-refractivity contribution in [2.24, 2.45) is 0 Å². The molecule has 34 heavy (non-hydrogen) atoms. The molecule has 0 aliphatic carbocycles. The Morgan fingerprint density at radius 1 is 0.706 bits per heavy atom. The third kappa shape index (κ3) is 3.29. The molecule has 0 unspecified atom stereocenters. The van der Waals surface area contributed by atoms with Gasteiger partial charge in [0.2, 0.25) is 5.78 Å². The fourth-order valence-corrected chi connectivity index (χ4v) is 5.22. The van der Waals surface area contributed by atoms with Crippen molar-refractivity contribution < 1.29 is 9.59 Å². The number of para-hydroxylation sites is 2. The monoisotopic (exact) mass is 460 g/mol. The van der Waals surface area contributed by atoms with E-state index >= 15 is 0 Å². The topological polar surface area (TPSA) is 43.5 Å². The summed E-state index contributed by atoms with van der Waals surface area (Å²) >= 11 is 1.41. The van der Waals surface area contributed by atoms with Crippen LogP contribution in [0.25, 0.3) is 16.7 Å². The van der Waals surface area contributed by atoms with Crippen LogP contribution in [0, 0.1) is 0 Å². The summed E-state index contributed by atoms with van der Waals surface area (Å²) < 4.78 is 4.10. The van der Waals surface area contributed by atoms with E-state index < -0.39 is 0 Å². The lowest BCUT2D eigenvalue weighted by atomic mass is 10.0. The van der Waals surface area contributed by atoms with E-state index in [1.54, 1.807) is 6.07 Å². The van der Waals surface area contributed by atoms with Gasteiger partial charge < -0.3 is 4.57 Å². The van der Waals surface area contributed by atoms with Crippen LogP contribution in [0.4, 0.5) is 0 Å². The third-order valence-electron chi connectivity index (χ3n) is 6.09. The minimum atomic E-state index is -0.0968. The molecule has 0 aliphatic heterocycles. The zero-order valence-corrected chi connectivity index (χ0v) is 19.0. The van der Waals surface area contributed by atoms with E-state index in [0.717, 1.165) is 22.2 Å². The lowest BCUT2D eigenvalue weighted by Gasteiger charge is -2.08. The van der Waals surface area contributed by atoms with E-state index in [1.807, 2.05) is 94.7 Å². The Morgan fingerprint density at radius 3 is 2.09 bits per heavy atom. The molecule has 5 heteroatoms. The van der Waals surface area contributed by atoms with Gasteiger partial charge in [0.1, 0.15) is 5.65 Å². The first-order valence-corrected chi connectivity index (χ1v) is 11.9. The molecule has 0 radical (unpaired) electrons. The molecule has 0 spiro atoms. The van der Waals surface area contributed by atoms with Gasteiger partial charge in [0.15, 0.2) is 5.78 Å². The standard InChI is InChI=1S/C29H20N2O2S/c32-27(21-12-5-2-6-13-21)22-18-25(28(33)26-16-9-17-34-26)31-24-15-8-7-14-23(24)30(29(22)31)19-20-10-3-1-4-11-20/h1-18H,19H2. The van der Waals surface area contributed by atoms with Gasteiger partial charge in [-0.2, -0.15) is 0 Å². The van der Waals surface area contributed by atoms with Crippen molar-refractivity contribution in [1.29, 1.82) is 0 Å². The highest BCUT2D eigenvalue weighted by molar-refractivity contribution is 7.12. The fraction of sp³-hybridized carbons (Fsp3) is 0.0345. The third-order valence-corrected chi connectivity index (χ3v) is 6.95. The molecule has 6 rings (SSSR count).